The van der Waals surface area contributed by atoms with Gasteiger partial charge in [0.2, 0.25) is 5.91 Å². The van der Waals surface area contributed by atoms with Gasteiger partial charge in [0.25, 0.3) is 0 Å². The highest BCUT2D eigenvalue weighted by molar-refractivity contribution is 7.22. The monoisotopic (exact) mass is 346 g/mol. The van der Waals surface area contributed by atoms with Gasteiger partial charge < -0.3 is 0 Å². The number of benzene rings is 1. The molecule has 0 unspecified atom stereocenters. The first-order chi connectivity index (χ1) is 11.0. The highest BCUT2D eigenvalue weighted by atomic mass is 35.5. The summed E-state index contributed by atoms with van der Waals surface area (Å²) in [5, 5.41) is 8.07. The van der Waals surface area contributed by atoms with Crippen molar-refractivity contribution in [1.29, 1.82) is 0 Å². The smallest absolute Gasteiger partial charge is 0.250 e. The highest BCUT2D eigenvalue weighted by Gasteiger charge is 2.10. The first-order valence-corrected chi connectivity index (χ1v) is 8.19. The average Bonchev–Trinajstić information content (AvgIpc) is 3.00. The standard InChI is InChI=1S/C16H15ClN4OS/c1-9-5-4-6-12-14(9)19-16(23-12)18-13(22)8-7-11-10(2)20-21(3)15(11)17/h4-8H,1-3H3,(H,18,19,22)/b8-7+. The molecule has 0 aliphatic rings. The van der Waals surface area contributed by atoms with Crippen molar-refractivity contribution in [2.45, 2.75) is 13.8 Å². The summed E-state index contributed by atoms with van der Waals surface area (Å²) in [4.78, 5) is 16.5. The lowest BCUT2D eigenvalue weighted by Gasteiger charge is -1.96. The molecule has 0 bridgehead atoms. The van der Waals surface area contributed by atoms with Crippen molar-refractivity contribution in [2.75, 3.05) is 5.32 Å². The fraction of sp³-hybridized carbons (Fsp3) is 0.188. The summed E-state index contributed by atoms with van der Waals surface area (Å²) in [5.74, 6) is -0.249. The summed E-state index contributed by atoms with van der Waals surface area (Å²) in [5.41, 5.74) is 3.53. The Bertz CT molecular complexity index is 926. The molecule has 23 heavy (non-hydrogen) atoms. The molecule has 0 aliphatic heterocycles. The van der Waals surface area contributed by atoms with Gasteiger partial charge >= 0.3 is 0 Å². The molecule has 3 aromatic rings. The minimum Gasteiger partial charge on any atom is -0.298 e. The summed E-state index contributed by atoms with van der Waals surface area (Å²) < 4.78 is 2.63. The molecule has 1 N–H and O–H groups in total. The molecule has 7 heteroatoms. The van der Waals surface area contributed by atoms with E-state index in [0.717, 1.165) is 27.0 Å². The molecule has 0 aliphatic carbocycles. The normalized spacial score (nSPS) is 11.5. The topological polar surface area (TPSA) is 59.8 Å². The van der Waals surface area contributed by atoms with Crippen LogP contribution >= 0.6 is 22.9 Å². The van der Waals surface area contributed by atoms with Crippen molar-refractivity contribution in [1.82, 2.24) is 14.8 Å². The minimum absolute atomic E-state index is 0.249. The second kappa shape index (κ2) is 6.14. The van der Waals surface area contributed by atoms with E-state index in [1.807, 2.05) is 32.0 Å². The number of rotatable bonds is 3. The van der Waals surface area contributed by atoms with E-state index in [-0.39, 0.29) is 5.91 Å². The molecule has 3 rings (SSSR count). The summed E-state index contributed by atoms with van der Waals surface area (Å²) in [6.45, 7) is 3.85. The molecule has 0 saturated heterocycles. The largest absolute Gasteiger partial charge is 0.298 e. The van der Waals surface area contributed by atoms with Crippen LogP contribution in [0.2, 0.25) is 5.15 Å². The van der Waals surface area contributed by atoms with Gasteiger partial charge in [0, 0.05) is 18.7 Å². The zero-order valence-corrected chi connectivity index (χ0v) is 14.5. The molecule has 1 aromatic carbocycles. The van der Waals surface area contributed by atoms with Gasteiger partial charge in [-0.3, -0.25) is 14.8 Å². The molecule has 118 valence electrons. The van der Waals surface area contributed by atoms with Crippen LogP contribution in [0.25, 0.3) is 16.3 Å². The molecule has 0 saturated carbocycles. The summed E-state index contributed by atoms with van der Waals surface area (Å²) in [6.07, 6.45) is 3.10. The molecular weight excluding hydrogens is 332 g/mol. The van der Waals surface area contributed by atoms with Crippen molar-refractivity contribution in [3.05, 3.63) is 46.2 Å². The van der Waals surface area contributed by atoms with E-state index in [9.17, 15) is 4.79 Å². The second-order valence-corrected chi connectivity index (χ2v) is 6.57. The summed E-state index contributed by atoms with van der Waals surface area (Å²) in [6, 6.07) is 5.97. The van der Waals surface area contributed by atoms with Crippen LogP contribution in [0.15, 0.2) is 24.3 Å². The van der Waals surface area contributed by atoms with Gasteiger partial charge in [0.05, 0.1) is 15.9 Å². The van der Waals surface area contributed by atoms with Crippen molar-refractivity contribution < 1.29 is 4.79 Å². The van der Waals surface area contributed by atoms with Gasteiger partial charge in [-0.2, -0.15) is 5.10 Å². The SMILES string of the molecule is Cc1nn(C)c(Cl)c1/C=C/C(=O)Nc1nc2c(C)cccc2s1. The quantitative estimate of drug-likeness (QED) is 0.730. The Morgan fingerprint density at radius 1 is 1.39 bits per heavy atom. The van der Waals surface area contributed by atoms with E-state index in [4.69, 9.17) is 11.6 Å². The van der Waals surface area contributed by atoms with E-state index in [2.05, 4.69) is 15.4 Å². The Balaban J connectivity index is 1.78. The third kappa shape index (κ3) is 3.13. The lowest BCUT2D eigenvalue weighted by Crippen LogP contribution is -2.07. The number of hydrogen-bond donors (Lipinski definition) is 1. The van der Waals surface area contributed by atoms with Gasteiger partial charge in [0.15, 0.2) is 5.13 Å². The number of carbonyl (C=O) groups excluding carboxylic acids is 1. The first-order valence-electron chi connectivity index (χ1n) is 7.00. The molecule has 0 spiro atoms. The van der Waals surface area contributed by atoms with Crippen LogP contribution in [-0.4, -0.2) is 20.7 Å². The summed E-state index contributed by atoms with van der Waals surface area (Å²) >= 11 is 7.59. The van der Waals surface area contributed by atoms with Crippen LogP contribution in [0.5, 0.6) is 0 Å². The van der Waals surface area contributed by atoms with Crippen molar-refractivity contribution in [2.24, 2.45) is 7.05 Å². The Morgan fingerprint density at radius 3 is 2.83 bits per heavy atom. The van der Waals surface area contributed by atoms with Crippen LogP contribution in [0, 0.1) is 13.8 Å². The predicted molar refractivity (Wildman–Crippen MR) is 95.0 cm³/mol. The number of aromatic nitrogens is 3. The van der Waals surface area contributed by atoms with Gasteiger partial charge in [0.1, 0.15) is 5.15 Å². The van der Waals surface area contributed by atoms with E-state index in [0.29, 0.717) is 10.3 Å². The van der Waals surface area contributed by atoms with Crippen LogP contribution in [0.1, 0.15) is 16.8 Å². The number of aryl methyl sites for hydroxylation is 3. The zero-order valence-electron chi connectivity index (χ0n) is 12.9. The number of para-hydroxylation sites is 1. The van der Waals surface area contributed by atoms with E-state index < -0.39 is 0 Å². The van der Waals surface area contributed by atoms with Crippen LogP contribution < -0.4 is 5.32 Å². The predicted octanol–water partition coefficient (Wildman–Crippen LogP) is 3.95. The second-order valence-electron chi connectivity index (χ2n) is 5.18. The first kappa shape index (κ1) is 15.7. The van der Waals surface area contributed by atoms with Gasteiger partial charge in [-0.25, -0.2) is 4.98 Å². The molecule has 2 aromatic heterocycles. The van der Waals surface area contributed by atoms with Gasteiger partial charge in [-0.05, 0) is 31.6 Å². The Labute approximate surface area is 142 Å². The fourth-order valence-electron chi connectivity index (χ4n) is 2.28. The number of fused-ring (bicyclic) bond motifs is 1. The van der Waals surface area contributed by atoms with Crippen molar-refractivity contribution in [3.8, 4) is 0 Å². The van der Waals surface area contributed by atoms with Crippen LogP contribution in [0.3, 0.4) is 0 Å². The lowest BCUT2D eigenvalue weighted by atomic mass is 10.2. The maximum atomic E-state index is 12.1. The maximum absolute atomic E-state index is 12.1. The van der Waals surface area contributed by atoms with Gasteiger partial charge in [-0.1, -0.05) is 35.1 Å². The molecule has 5 nitrogen and oxygen atoms in total. The number of thiazole rings is 1. The third-order valence-corrected chi connectivity index (χ3v) is 4.83. The lowest BCUT2D eigenvalue weighted by molar-refractivity contribution is -0.111. The molecular formula is C16H15ClN4OS. The summed E-state index contributed by atoms with van der Waals surface area (Å²) in [7, 11) is 1.76. The van der Waals surface area contributed by atoms with Crippen LogP contribution in [-0.2, 0) is 11.8 Å². The van der Waals surface area contributed by atoms with Crippen LogP contribution in [0.4, 0.5) is 5.13 Å². The number of nitrogens with one attached hydrogen (secondary N) is 1. The van der Waals surface area contributed by atoms with Gasteiger partial charge in [-0.15, -0.1) is 0 Å². The Morgan fingerprint density at radius 2 is 2.17 bits per heavy atom. The Kier molecular flexibility index (Phi) is 4.19. The number of nitrogens with zero attached hydrogens (tertiary/aromatic N) is 3. The van der Waals surface area contributed by atoms with Crippen molar-refractivity contribution in [3.63, 3.8) is 0 Å². The maximum Gasteiger partial charge on any atom is 0.250 e. The highest BCUT2D eigenvalue weighted by Crippen LogP contribution is 2.28. The zero-order chi connectivity index (χ0) is 16.6. The van der Waals surface area contributed by atoms with Crippen molar-refractivity contribution >= 4 is 50.3 Å². The molecule has 0 atom stereocenters. The van der Waals surface area contributed by atoms with E-state index in [1.54, 1.807) is 17.8 Å². The minimum atomic E-state index is -0.249. The number of hydrogen-bond acceptors (Lipinski definition) is 4. The Hall–Kier alpha value is -2.18. The average molecular weight is 347 g/mol. The molecule has 0 radical (unpaired) electrons. The molecule has 0 fully saturated rings. The number of anilines is 1. The third-order valence-electron chi connectivity index (χ3n) is 3.45. The number of amides is 1. The van der Waals surface area contributed by atoms with E-state index in [1.165, 1.54) is 17.4 Å². The number of halogens is 1. The van der Waals surface area contributed by atoms with E-state index >= 15 is 0 Å². The fourth-order valence-corrected chi connectivity index (χ4v) is 3.47. The molecule has 2 heterocycles. The number of carbonyl (C=O) groups is 1. The molecule has 1 amide bonds.